The van der Waals surface area contributed by atoms with Crippen molar-refractivity contribution in [3.63, 3.8) is 0 Å². The molecule has 0 radical (unpaired) electrons. The van der Waals surface area contributed by atoms with Crippen molar-refractivity contribution < 1.29 is 9.59 Å². The number of likely N-dealkylation sites (N-methyl/N-ethyl adjacent to an activating group) is 1. The second kappa shape index (κ2) is 12.2. The molecule has 37 heavy (non-hydrogen) atoms. The second-order valence-electron chi connectivity index (χ2n) is 11.1. The predicted molar refractivity (Wildman–Crippen MR) is 147 cm³/mol. The Hall–Kier alpha value is -2.80. The molecule has 2 aromatic rings. The number of nitrogens with one attached hydrogen (secondary N) is 2. The third kappa shape index (κ3) is 6.38. The Morgan fingerprint density at radius 2 is 1.76 bits per heavy atom. The number of amides is 2. The Balaban J connectivity index is 1.62. The first-order valence-corrected chi connectivity index (χ1v) is 14.0. The van der Waals surface area contributed by atoms with E-state index in [1.165, 1.54) is 12.0 Å². The van der Waals surface area contributed by atoms with E-state index in [0.29, 0.717) is 18.3 Å². The number of benzene rings is 1. The third-order valence-electron chi connectivity index (χ3n) is 8.10. The van der Waals surface area contributed by atoms with Gasteiger partial charge in [-0.1, -0.05) is 51.3 Å². The topological polar surface area (TPSA) is 87.2 Å². The smallest absolute Gasteiger partial charge is 0.246 e. The number of carbonyl (C=O) groups is 2. The van der Waals surface area contributed by atoms with Crippen LogP contribution in [0.3, 0.4) is 0 Å². The molecule has 4 rings (SSSR count). The fourth-order valence-electron chi connectivity index (χ4n) is 5.74. The van der Waals surface area contributed by atoms with E-state index in [-0.39, 0.29) is 29.8 Å². The fourth-order valence-corrected chi connectivity index (χ4v) is 5.74. The van der Waals surface area contributed by atoms with Crippen LogP contribution in [0.2, 0.25) is 0 Å². The van der Waals surface area contributed by atoms with Crippen LogP contribution in [-0.4, -0.2) is 52.4 Å². The van der Waals surface area contributed by atoms with E-state index in [1.54, 1.807) is 7.05 Å². The maximum atomic E-state index is 14.1. The monoisotopic (exact) mass is 505 g/mol. The summed E-state index contributed by atoms with van der Waals surface area (Å²) >= 11 is 0. The minimum absolute atomic E-state index is 0.0330. The number of hydrogen-bond donors (Lipinski definition) is 2. The van der Waals surface area contributed by atoms with Crippen molar-refractivity contribution in [2.24, 2.45) is 5.92 Å². The zero-order valence-corrected chi connectivity index (χ0v) is 23.1. The van der Waals surface area contributed by atoms with Gasteiger partial charge < -0.3 is 15.5 Å². The van der Waals surface area contributed by atoms with Crippen molar-refractivity contribution in [2.75, 3.05) is 13.6 Å². The van der Waals surface area contributed by atoms with E-state index in [9.17, 15) is 9.59 Å². The molecule has 1 aromatic carbocycles. The van der Waals surface area contributed by atoms with Crippen LogP contribution in [0.1, 0.15) is 94.8 Å². The number of aryl methyl sites for hydroxylation is 1. The Kier molecular flexibility index (Phi) is 8.95. The van der Waals surface area contributed by atoms with Gasteiger partial charge in [-0.05, 0) is 76.1 Å². The number of nitrogens with zero attached hydrogens (tertiary/aromatic N) is 3. The summed E-state index contributed by atoms with van der Waals surface area (Å²) < 4.78 is 0. The first-order chi connectivity index (χ1) is 17.8. The summed E-state index contributed by atoms with van der Waals surface area (Å²) in [6, 6.07) is 9.63. The van der Waals surface area contributed by atoms with Crippen LogP contribution in [-0.2, 0) is 9.59 Å². The van der Waals surface area contributed by atoms with Crippen molar-refractivity contribution in [3.05, 3.63) is 47.4 Å². The molecule has 200 valence electrons. The van der Waals surface area contributed by atoms with Crippen molar-refractivity contribution >= 4 is 11.8 Å². The minimum atomic E-state index is -0.491. The largest absolute Gasteiger partial charge is 0.343 e. The van der Waals surface area contributed by atoms with Gasteiger partial charge in [0.15, 0.2) is 0 Å². The first kappa shape index (κ1) is 27.2. The van der Waals surface area contributed by atoms with Crippen LogP contribution in [0.15, 0.2) is 30.3 Å². The Morgan fingerprint density at radius 1 is 1.00 bits per heavy atom. The summed E-state index contributed by atoms with van der Waals surface area (Å²) in [6.45, 7) is 8.82. The van der Waals surface area contributed by atoms with Gasteiger partial charge in [-0.25, -0.2) is 9.97 Å². The average molecular weight is 506 g/mol. The molecule has 3 atom stereocenters. The lowest BCUT2D eigenvalue weighted by molar-refractivity contribution is -0.139. The van der Waals surface area contributed by atoms with Gasteiger partial charge in [-0.2, -0.15) is 0 Å². The zero-order chi connectivity index (χ0) is 26.5. The molecule has 1 aromatic heterocycles. The highest BCUT2D eigenvalue weighted by atomic mass is 16.2. The van der Waals surface area contributed by atoms with Gasteiger partial charge in [-0.15, -0.1) is 0 Å². The summed E-state index contributed by atoms with van der Waals surface area (Å²) in [4.78, 5) is 38.5. The van der Waals surface area contributed by atoms with E-state index in [2.05, 4.69) is 54.8 Å². The third-order valence-corrected chi connectivity index (χ3v) is 8.10. The Labute approximate surface area is 221 Å². The standard InChI is InChI=1S/C30H43N5O2/c1-19(2)23-13-9-14-24(17-23)25-18-26(33-21(4)32-25)27-15-10-16-35(27)30(37)28(22-11-7-6-8-12-22)34-29(36)20(3)31-5/h9,13-14,17-20,22,27-28,31H,6-8,10-12,15-16H2,1-5H3,(H,34,36)/t20-,27-,28-/m0/s1. The van der Waals surface area contributed by atoms with E-state index in [0.717, 1.165) is 55.5 Å². The predicted octanol–water partition coefficient (Wildman–Crippen LogP) is 4.91. The van der Waals surface area contributed by atoms with Gasteiger partial charge in [0.25, 0.3) is 0 Å². The molecular formula is C30H43N5O2. The van der Waals surface area contributed by atoms with Crippen LogP contribution in [0.5, 0.6) is 0 Å². The van der Waals surface area contributed by atoms with Gasteiger partial charge in [0.1, 0.15) is 11.9 Å². The summed E-state index contributed by atoms with van der Waals surface area (Å²) in [5.74, 6) is 1.24. The highest BCUT2D eigenvalue weighted by molar-refractivity contribution is 5.90. The van der Waals surface area contributed by atoms with Crippen LogP contribution in [0.4, 0.5) is 0 Å². The molecule has 0 bridgehead atoms. The van der Waals surface area contributed by atoms with Crippen LogP contribution < -0.4 is 10.6 Å². The quantitative estimate of drug-likeness (QED) is 0.532. The molecule has 2 amide bonds. The zero-order valence-electron chi connectivity index (χ0n) is 23.1. The SMILES string of the molecule is CN[C@@H](C)C(=O)N[C@H](C(=O)N1CCC[C@H]1c1cc(-c2cccc(C(C)C)c2)nc(C)n1)C1CCCCC1. The number of carbonyl (C=O) groups excluding carboxylic acids is 2. The van der Waals surface area contributed by atoms with E-state index in [1.807, 2.05) is 18.7 Å². The van der Waals surface area contributed by atoms with Crippen molar-refractivity contribution in [1.29, 1.82) is 0 Å². The molecular weight excluding hydrogens is 462 g/mol. The lowest BCUT2D eigenvalue weighted by Gasteiger charge is -2.35. The lowest BCUT2D eigenvalue weighted by atomic mass is 9.83. The van der Waals surface area contributed by atoms with Gasteiger partial charge in [0.05, 0.1) is 23.5 Å². The van der Waals surface area contributed by atoms with Gasteiger partial charge in [-0.3, -0.25) is 9.59 Å². The van der Waals surface area contributed by atoms with E-state index < -0.39 is 6.04 Å². The summed E-state index contributed by atoms with van der Waals surface area (Å²) in [5.41, 5.74) is 4.13. The summed E-state index contributed by atoms with van der Waals surface area (Å²) in [5, 5.41) is 6.13. The van der Waals surface area contributed by atoms with E-state index in [4.69, 9.17) is 9.97 Å². The lowest BCUT2D eigenvalue weighted by Crippen LogP contribution is -2.55. The number of rotatable bonds is 8. The molecule has 0 spiro atoms. The minimum Gasteiger partial charge on any atom is -0.343 e. The summed E-state index contributed by atoms with van der Waals surface area (Å²) in [7, 11) is 1.77. The first-order valence-electron chi connectivity index (χ1n) is 14.0. The molecule has 0 unspecified atom stereocenters. The highest BCUT2D eigenvalue weighted by Gasteiger charge is 2.39. The van der Waals surface area contributed by atoms with Crippen molar-refractivity contribution in [1.82, 2.24) is 25.5 Å². The number of hydrogen-bond acceptors (Lipinski definition) is 5. The van der Waals surface area contributed by atoms with Crippen LogP contribution in [0.25, 0.3) is 11.3 Å². The second-order valence-corrected chi connectivity index (χ2v) is 11.1. The van der Waals surface area contributed by atoms with Gasteiger partial charge in [0, 0.05) is 12.1 Å². The molecule has 2 N–H and O–H groups in total. The molecule has 7 heteroatoms. The van der Waals surface area contributed by atoms with Gasteiger partial charge in [0.2, 0.25) is 11.8 Å². The van der Waals surface area contributed by atoms with Gasteiger partial charge >= 0.3 is 0 Å². The van der Waals surface area contributed by atoms with Crippen molar-refractivity contribution in [2.45, 2.75) is 96.7 Å². The Bertz CT molecular complexity index is 1100. The molecule has 1 aliphatic heterocycles. The Morgan fingerprint density at radius 3 is 2.46 bits per heavy atom. The molecule has 1 saturated carbocycles. The highest BCUT2D eigenvalue weighted by Crippen LogP contribution is 2.35. The molecule has 7 nitrogen and oxygen atoms in total. The number of likely N-dealkylation sites (tertiary alicyclic amines) is 1. The average Bonchev–Trinajstić information content (AvgIpc) is 3.41. The van der Waals surface area contributed by atoms with Crippen molar-refractivity contribution in [3.8, 4) is 11.3 Å². The fraction of sp³-hybridized carbons (Fsp3) is 0.600. The van der Waals surface area contributed by atoms with Crippen LogP contribution in [0, 0.1) is 12.8 Å². The molecule has 2 aliphatic rings. The summed E-state index contributed by atoms with van der Waals surface area (Å²) in [6.07, 6.45) is 7.17. The maximum Gasteiger partial charge on any atom is 0.246 e. The molecule has 2 fully saturated rings. The molecule has 2 heterocycles. The molecule has 1 saturated heterocycles. The maximum absolute atomic E-state index is 14.1. The number of aromatic nitrogens is 2. The molecule has 1 aliphatic carbocycles. The normalized spacial score (nSPS) is 20.2. The van der Waals surface area contributed by atoms with Crippen LogP contribution >= 0.6 is 0 Å². The van der Waals surface area contributed by atoms with E-state index >= 15 is 0 Å².